The van der Waals surface area contributed by atoms with Gasteiger partial charge in [-0.1, -0.05) is 30.3 Å². The van der Waals surface area contributed by atoms with Crippen molar-refractivity contribution in [1.29, 1.82) is 0 Å². The molecular formula is C16H21BN2. The lowest BCUT2D eigenvalue weighted by molar-refractivity contribution is 0.829. The summed E-state index contributed by atoms with van der Waals surface area (Å²) in [6.07, 6.45) is 0. The molecule has 0 fully saturated rings. The third-order valence-electron chi connectivity index (χ3n) is 3.65. The molecule has 0 aliphatic carbocycles. The zero-order valence-electron chi connectivity index (χ0n) is 12.1. The van der Waals surface area contributed by atoms with Crippen LogP contribution in [0, 0.1) is 6.92 Å². The Kier molecular flexibility index (Phi) is 3.84. The van der Waals surface area contributed by atoms with Crippen molar-refractivity contribution in [2.75, 3.05) is 10.5 Å². The van der Waals surface area contributed by atoms with Crippen LogP contribution >= 0.6 is 0 Å². The third kappa shape index (κ3) is 2.75. The van der Waals surface area contributed by atoms with Crippen molar-refractivity contribution in [2.45, 2.75) is 26.8 Å². The van der Waals surface area contributed by atoms with Gasteiger partial charge in [-0.3, -0.25) is 0 Å². The highest BCUT2D eigenvalue weighted by Gasteiger charge is 2.11. The van der Waals surface area contributed by atoms with Crippen LogP contribution in [0.15, 0.2) is 42.5 Å². The molecule has 0 saturated heterocycles. The SMILES string of the molecule is BN(c1ccccc1-c1ccc(C)c(N)c1)C(C)C. The summed E-state index contributed by atoms with van der Waals surface area (Å²) >= 11 is 0. The molecule has 2 aromatic rings. The van der Waals surface area contributed by atoms with Crippen LogP contribution in [0.5, 0.6) is 0 Å². The van der Waals surface area contributed by atoms with Gasteiger partial charge in [0.15, 0.2) is 0 Å². The topological polar surface area (TPSA) is 29.3 Å². The number of nitrogen functional groups attached to an aromatic ring is 1. The molecule has 0 heterocycles. The fourth-order valence-electron chi connectivity index (χ4n) is 2.11. The summed E-state index contributed by atoms with van der Waals surface area (Å²) in [5.41, 5.74) is 11.6. The van der Waals surface area contributed by atoms with Gasteiger partial charge < -0.3 is 10.5 Å². The predicted octanol–water partition coefficient (Wildman–Crippen LogP) is 3.01. The number of rotatable bonds is 3. The average molecular weight is 252 g/mol. The fraction of sp³-hybridized carbons (Fsp3) is 0.250. The van der Waals surface area contributed by atoms with Gasteiger partial charge in [0, 0.05) is 23.0 Å². The number of para-hydroxylation sites is 1. The number of aryl methyl sites for hydroxylation is 1. The van der Waals surface area contributed by atoms with Gasteiger partial charge in [0.25, 0.3) is 0 Å². The predicted molar refractivity (Wildman–Crippen MR) is 87.2 cm³/mol. The van der Waals surface area contributed by atoms with Crippen molar-refractivity contribution in [3.8, 4) is 11.1 Å². The van der Waals surface area contributed by atoms with Crippen LogP contribution in [-0.2, 0) is 0 Å². The third-order valence-corrected chi connectivity index (χ3v) is 3.65. The first kappa shape index (κ1) is 13.5. The Bertz CT molecular complexity index is 579. The second kappa shape index (κ2) is 5.39. The first-order valence-corrected chi connectivity index (χ1v) is 6.69. The van der Waals surface area contributed by atoms with E-state index >= 15 is 0 Å². The molecule has 0 aromatic heterocycles. The molecule has 0 unspecified atom stereocenters. The van der Waals surface area contributed by atoms with Crippen LogP contribution in [0.3, 0.4) is 0 Å². The molecule has 0 spiro atoms. The van der Waals surface area contributed by atoms with Crippen molar-refractivity contribution in [3.63, 3.8) is 0 Å². The summed E-state index contributed by atoms with van der Waals surface area (Å²) in [4.78, 5) is 2.28. The molecule has 0 atom stereocenters. The average Bonchev–Trinajstić information content (AvgIpc) is 2.41. The smallest absolute Gasteiger partial charge is 0.217 e. The molecule has 98 valence electrons. The fourth-order valence-corrected chi connectivity index (χ4v) is 2.11. The number of nitrogens with two attached hydrogens (primary N) is 1. The maximum Gasteiger partial charge on any atom is 0.217 e. The Balaban J connectivity index is 2.53. The quantitative estimate of drug-likeness (QED) is 0.672. The molecule has 3 heteroatoms. The number of anilines is 2. The van der Waals surface area contributed by atoms with E-state index in [4.69, 9.17) is 5.73 Å². The van der Waals surface area contributed by atoms with Gasteiger partial charge in [0.05, 0.1) is 0 Å². The largest absolute Gasteiger partial charge is 0.419 e. The van der Waals surface area contributed by atoms with Crippen molar-refractivity contribution >= 4 is 19.4 Å². The van der Waals surface area contributed by atoms with Crippen LogP contribution in [0.1, 0.15) is 19.4 Å². The van der Waals surface area contributed by atoms with E-state index in [0.29, 0.717) is 6.04 Å². The highest BCUT2D eigenvalue weighted by Crippen LogP contribution is 2.32. The van der Waals surface area contributed by atoms with Crippen molar-refractivity contribution in [3.05, 3.63) is 48.0 Å². The second-order valence-corrected chi connectivity index (χ2v) is 5.29. The van der Waals surface area contributed by atoms with Gasteiger partial charge in [0.1, 0.15) is 0 Å². The van der Waals surface area contributed by atoms with Crippen LogP contribution in [0.2, 0.25) is 0 Å². The highest BCUT2D eigenvalue weighted by molar-refractivity contribution is 6.19. The molecule has 0 amide bonds. The van der Waals surface area contributed by atoms with Crippen LogP contribution < -0.4 is 10.5 Å². The second-order valence-electron chi connectivity index (χ2n) is 5.29. The Morgan fingerprint density at radius 3 is 2.42 bits per heavy atom. The molecular weight excluding hydrogens is 231 g/mol. The number of hydrogen-bond acceptors (Lipinski definition) is 2. The molecule has 2 rings (SSSR count). The summed E-state index contributed by atoms with van der Waals surface area (Å²) in [5, 5.41) is 0. The molecule has 0 bridgehead atoms. The normalized spacial score (nSPS) is 10.7. The van der Waals surface area contributed by atoms with E-state index in [1.807, 2.05) is 6.92 Å². The molecule has 2 aromatic carbocycles. The minimum atomic E-state index is 0.462. The lowest BCUT2D eigenvalue weighted by atomic mass is 9.98. The Labute approximate surface area is 116 Å². The van der Waals surface area contributed by atoms with Crippen molar-refractivity contribution < 1.29 is 0 Å². The maximum absolute atomic E-state index is 6.03. The van der Waals surface area contributed by atoms with Crippen LogP contribution in [0.4, 0.5) is 11.4 Å². The lowest BCUT2D eigenvalue weighted by Crippen LogP contribution is -2.27. The highest BCUT2D eigenvalue weighted by atomic mass is 15.1. The molecule has 0 aliphatic rings. The molecule has 0 radical (unpaired) electrons. The lowest BCUT2D eigenvalue weighted by Gasteiger charge is -2.27. The standard InChI is InChI=1S/C16H21BN2/c1-11(2)19(17)16-7-5-4-6-14(16)13-9-8-12(3)15(18)10-13/h4-11H,17-18H2,1-3H3. The molecule has 0 saturated carbocycles. The van der Waals surface area contributed by atoms with Gasteiger partial charge >= 0.3 is 0 Å². The van der Waals surface area contributed by atoms with E-state index in [-0.39, 0.29) is 0 Å². The number of nitrogens with zero attached hydrogens (tertiary/aromatic N) is 1. The van der Waals surface area contributed by atoms with Crippen molar-refractivity contribution in [1.82, 2.24) is 0 Å². The van der Waals surface area contributed by atoms with E-state index in [1.54, 1.807) is 0 Å². The zero-order chi connectivity index (χ0) is 14.0. The van der Waals surface area contributed by atoms with Crippen molar-refractivity contribution in [2.24, 2.45) is 0 Å². The van der Waals surface area contributed by atoms with E-state index in [0.717, 1.165) is 11.3 Å². The molecule has 19 heavy (non-hydrogen) atoms. The number of benzene rings is 2. The van der Waals surface area contributed by atoms with E-state index in [2.05, 4.69) is 69.1 Å². The summed E-state index contributed by atoms with van der Waals surface area (Å²) in [6.45, 7) is 6.42. The Morgan fingerprint density at radius 1 is 1.11 bits per heavy atom. The first-order valence-electron chi connectivity index (χ1n) is 6.69. The maximum atomic E-state index is 6.03. The Morgan fingerprint density at radius 2 is 1.79 bits per heavy atom. The van der Waals surface area contributed by atoms with Gasteiger partial charge in [0.2, 0.25) is 7.98 Å². The summed E-state index contributed by atoms with van der Waals surface area (Å²) in [5.74, 6) is 0. The van der Waals surface area contributed by atoms with Gasteiger partial charge in [-0.25, -0.2) is 0 Å². The minimum absolute atomic E-state index is 0.462. The van der Waals surface area contributed by atoms with Crippen LogP contribution in [-0.4, -0.2) is 14.0 Å². The minimum Gasteiger partial charge on any atom is -0.419 e. The molecule has 2 nitrogen and oxygen atoms in total. The first-order chi connectivity index (χ1) is 9.00. The zero-order valence-corrected chi connectivity index (χ0v) is 12.1. The summed E-state index contributed by atoms with van der Waals surface area (Å²) < 4.78 is 0. The van der Waals surface area contributed by atoms with E-state index in [9.17, 15) is 0 Å². The van der Waals surface area contributed by atoms with Gasteiger partial charge in [-0.05, 0) is 44.0 Å². The van der Waals surface area contributed by atoms with E-state index in [1.165, 1.54) is 16.8 Å². The number of hydrogen-bond donors (Lipinski definition) is 1. The van der Waals surface area contributed by atoms with Gasteiger partial charge in [-0.2, -0.15) is 0 Å². The van der Waals surface area contributed by atoms with Crippen LogP contribution in [0.25, 0.3) is 11.1 Å². The monoisotopic (exact) mass is 252 g/mol. The molecule has 0 aliphatic heterocycles. The van der Waals surface area contributed by atoms with E-state index < -0.39 is 0 Å². The van der Waals surface area contributed by atoms with Gasteiger partial charge in [-0.15, -0.1) is 0 Å². The Hall–Kier alpha value is -1.90. The molecule has 2 N–H and O–H groups in total. The summed E-state index contributed by atoms with van der Waals surface area (Å²) in [6, 6.07) is 15.2. The summed E-state index contributed by atoms with van der Waals surface area (Å²) in [7, 11) is 2.13.